The third-order valence-electron chi connectivity index (χ3n) is 3.61. The number of nitrogens with one attached hydrogen (secondary N) is 2. The van der Waals surface area contributed by atoms with Gasteiger partial charge in [0.1, 0.15) is 0 Å². The molecule has 1 aromatic carbocycles. The lowest BCUT2D eigenvalue weighted by Crippen LogP contribution is -2.49. The lowest BCUT2D eigenvalue weighted by molar-refractivity contribution is -0.130. The van der Waals surface area contributed by atoms with Crippen LogP contribution >= 0.6 is 11.8 Å². The van der Waals surface area contributed by atoms with E-state index in [1.165, 1.54) is 6.92 Å². The SMILES string of the molecule is COc1cc(CN(C)[C@@H](C)C(=O)NNC(C)=O)c(SC)cc1OC. The fraction of sp³-hybridized carbons (Fsp3) is 0.500. The zero-order valence-corrected chi connectivity index (χ0v) is 15.7. The molecule has 0 saturated heterocycles. The van der Waals surface area contributed by atoms with Crippen LogP contribution in [0.1, 0.15) is 19.4 Å². The van der Waals surface area contributed by atoms with Crippen LogP contribution in [0.15, 0.2) is 17.0 Å². The van der Waals surface area contributed by atoms with Crippen molar-refractivity contribution in [3.8, 4) is 11.5 Å². The number of hydrogen-bond donors (Lipinski definition) is 2. The van der Waals surface area contributed by atoms with Crippen molar-refractivity contribution >= 4 is 23.6 Å². The maximum absolute atomic E-state index is 12.0. The van der Waals surface area contributed by atoms with Crippen LogP contribution < -0.4 is 20.3 Å². The summed E-state index contributed by atoms with van der Waals surface area (Å²) in [6.07, 6.45) is 1.98. The number of amides is 2. The number of ether oxygens (including phenoxy) is 2. The Hall–Kier alpha value is -1.93. The molecule has 0 aliphatic heterocycles. The highest BCUT2D eigenvalue weighted by Crippen LogP contribution is 2.35. The molecule has 0 radical (unpaired) electrons. The van der Waals surface area contributed by atoms with Gasteiger partial charge in [-0.25, -0.2) is 0 Å². The summed E-state index contributed by atoms with van der Waals surface area (Å²) < 4.78 is 10.7. The van der Waals surface area contributed by atoms with Crippen molar-refractivity contribution < 1.29 is 19.1 Å². The molecule has 0 aromatic heterocycles. The molecule has 1 aromatic rings. The van der Waals surface area contributed by atoms with Gasteiger partial charge in [0, 0.05) is 18.4 Å². The van der Waals surface area contributed by atoms with E-state index in [9.17, 15) is 9.59 Å². The second kappa shape index (κ2) is 9.39. The fourth-order valence-corrected chi connectivity index (χ4v) is 2.69. The number of thioether (sulfide) groups is 1. The quantitative estimate of drug-likeness (QED) is 0.569. The van der Waals surface area contributed by atoms with Crippen molar-refractivity contribution in [3.63, 3.8) is 0 Å². The average molecular weight is 355 g/mol. The minimum Gasteiger partial charge on any atom is -0.493 e. The molecule has 1 rings (SSSR count). The zero-order valence-electron chi connectivity index (χ0n) is 14.9. The van der Waals surface area contributed by atoms with Gasteiger partial charge in [0.15, 0.2) is 11.5 Å². The minimum absolute atomic E-state index is 0.279. The van der Waals surface area contributed by atoms with Crippen molar-refractivity contribution in [3.05, 3.63) is 17.7 Å². The first-order chi connectivity index (χ1) is 11.3. The van der Waals surface area contributed by atoms with Crippen molar-refractivity contribution in [1.29, 1.82) is 0 Å². The van der Waals surface area contributed by atoms with E-state index < -0.39 is 6.04 Å². The van der Waals surface area contributed by atoms with Crippen LogP contribution in [-0.2, 0) is 16.1 Å². The van der Waals surface area contributed by atoms with Gasteiger partial charge in [-0.3, -0.25) is 25.3 Å². The Balaban J connectivity index is 2.90. The van der Waals surface area contributed by atoms with Crippen molar-refractivity contribution in [2.45, 2.75) is 31.3 Å². The highest BCUT2D eigenvalue weighted by molar-refractivity contribution is 7.98. The number of nitrogens with zero attached hydrogens (tertiary/aromatic N) is 1. The molecule has 0 fully saturated rings. The molecule has 8 heteroatoms. The van der Waals surface area contributed by atoms with Crippen LogP contribution in [-0.4, -0.2) is 50.3 Å². The maximum Gasteiger partial charge on any atom is 0.255 e. The summed E-state index contributed by atoms with van der Waals surface area (Å²) in [5.41, 5.74) is 5.71. The Morgan fingerprint density at radius 3 is 2.29 bits per heavy atom. The summed E-state index contributed by atoms with van der Waals surface area (Å²) in [5.74, 6) is 0.723. The normalized spacial score (nSPS) is 11.8. The third kappa shape index (κ3) is 5.31. The molecule has 0 bridgehead atoms. The van der Waals surface area contributed by atoms with Gasteiger partial charge in [-0.2, -0.15) is 0 Å². The van der Waals surface area contributed by atoms with Gasteiger partial charge in [0.05, 0.1) is 20.3 Å². The molecule has 24 heavy (non-hydrogen) atoms. The lowest BCUT2D eigenvalue weighted by Gasteiger charge is -2.25. The number of likely N-dealkylation sites (N-methyl/N-ethyl adjacent to an activating group) is 1. The van der Waals surface area contributed by atoms with Crippen molar-refractivity contribution in [2.75, 3.05) is 27.5 Å². The zero-order chi connectivity index (χ0) is 18.3. The van der Waals surface area contributed by atoms with E-state index in [2.05, 4.69) is 10.9 Å². The Kier molecular flexibility index (Phi) is 7.87. The standard InChI is InChI=1S/C16H25N3O4S/c1-10(16(21)18-17-11(2)20)19(3)9-12-7-13(22-4)14(23-5)8-15(12)24-6/h7-8,10H,9H2,1-6H3,(H,17,20)(H,18,21)/t10-/m0/s1. The molecular formula is C16H25N3O4S. The topological polar surface area (TPSA) is 79.9 Å². The second-order valence-corrected chi connectivity index (χ2v) is 6.13. The fourth-order valence-electron chi connectivity index (χ4n) is 2.08. The first-order valence-electron chi connectivity index (χ1n) is 7.39. The summed E-state index contributed by atoms with van der Waals surface area (Å²) >= 11 is 1.60. The molecule has 0 aliphatic rings. The Morgan fingerprint density at radius 1 is 1.21 bits per heavy atom. The number of hydrazine groups is 1. The first kappa shape index (κ1) is 20.1. The van der Waals surface area contributed by atoms with Crippen LogP contribution in [0.5, 0.6) is 11.5 Å². The Bertz CT molecular complexity index is 595. The predicted octanol–water partition coefficient (Wildman–Crippen LogP) is 1.41. The molecular weight excluding hydrogens is 330 g/mol. The highest BCUT2D eigenvalue weighted by atomic mass is 32.2. The number of carbonyl (C=O) groups is 2. The van der Waals surface area contributed by atoms with Gasteiger partial charge in [-0.15, -0.1) is 11.8 Å². The highest BCUT2D eigenvalue weighted by Gasteiger charge is 2.20. The van der Waals surface area contributed by atoms with E-state index in [0.29, 0.717) is 18.0 Å². The molecule has 0 saturated carbocycles. The van der Waals surface area contributed by atoms with E-state index in [1.54, 1.807) is 32.9 Å². The predicted molar refractivity (Wildman–Crippen MR) is 94.2 cm³/mol. The van der Waals surface area contributed by atoms with Gasteiger partial charge in [-0.1, -0.05) is 0 Å². The third-order valence-corrected chi connectivity index (χ3v) is 4.43. The van der Waals surface area contributed by atoms with Gasteiger partial charge in [-0.05, 0) is 37.9 Å². The number of hydrogen-bond acceptors (Lipinski definition) is 6. The molecule has 2 N–H and O–H groups in total. The minimum atomic E-state index is -0.417. The van der Waals surface area contributed by atoms with Crippen LogP contribution in [0.25, 0.3) is 0 Å². The Labute approximate surface area is 147 Å². The summed E-state index contributed by atoms with van der Waals surface area (Å²) in [7, 11) is 5.04. The number of methoxy groups -OCH3 is 2. The largest absolute Gasteiger partial charge is 0.493 e. The summed E-state index contributed by atoms with van der Waals surface area (Å²) in [6, 6.07) is 3.42. The van der Waals surface area contributed by atoms with Crippen LogP contribution in [0, 0.1) is 0 Å². The van der Waals surface area contributed by atoms with E-state index in [1.807, 2.05) is 30.3 Å². The smallest absolute Gasteiger partial charge is 0.255 e. The van der Waals surface area contributed by atoms with Gasteiger partial charge in [0.25, 0.3) is 5.91 Å². The molecule has 7 nitrogen and oxygen atoms in total. The van der Waals surface area contributed by atoms with E-state index in [-0.39, 0.29) is 11.8 Å². The molecule has 1 atom stereocenters. The van der Waals surface area contributed by atoms with E-state index in [0.717, 1.165) is 10.5 Å². The van der Waals surface area contributed by atoms with Gasteiger partial charge < -0.3 is 9.47 Å². The number of carbonyl (C=O) groups excluding carboxylic acids is 2. The molecule has 2 amide bonds. The lowest BCUT2D eigenvalue weighted by atomic mass is 10.1. The Morgan fingerprint density at radius 2 is 1.79 bits per heavy atom. The number of rotatable bonds is 7. The van der Waals surface area contributed by atoms with Crippen molar-refractivity contribution in [2.24, 2.45) is 0 Å². The van der Waals surface area contributed by atoms with Gasteiger partial charge >= 0.3 is 0 Å². The van der Waals surface area contributed by atoms with Crippen molar-refractivity contribution in [1.82, 2.24) is 15.8 Å². The van der Waals surface area contributed by atoms with E-state index >= 15 is 0 Å². The van der Waals surface area contributed by atoms with Gasteiger partial charge in [0.2, 0.25) is 5.91 Å². The second-order valence-electron chi connectivity index (χ2n) is 5.28. The number of benzene rings is 1. The molecule has 0 heterocycles. The van der Waals surface area contributed by atoms with Crippen LogP contribution in [0.2, 0.25) is 0 Å². The summed E-state index contributed by atoms with van der Waals surface area (Å²) in [5, 5.41) is 0. The molecule has 134 valence electrons. The summed E-state index contributed by atoms with van der Waals surface area (Å²) in [6.45, 7) is 3.66. The first-order valence-corrected chi connectivity index (χ1v) is 8.62. The molecule has 0 spiro atoms. The molecule has 0 aliphatic carbocycles. The van der Waals surface area contributed by atoms with E-state index in [4.69, 9.17) is 9.47 Å². The monoisotopic (exact) mass is 355 g/mol. The van der Waals surface area contributed by atoms with Crippen LogP contribution in [0.3, 0.4) is 0 Å². The average Bonchev–Trinajstić information content (AvgIpc) is 2.58. The maximum atomic E-state index is 12.0. The van der Waals surface area contributed by atoms with Crippen LogP contribution in [0.4, 0.5) is 0 Å². The molecule has 0 unspecified atom stereocenters. The summed E-state index contributed by atoms with van der Waals surface area (Å²) in [4.78, 5) is 25.9.